The van der Waals surface area contributed by atoms with Crippen LogP contribution < -0.4 is 0 Å². The Morgan fingerprint density at radius 2 is 2.00 bits per heavy atom. The third-order valence-corrected chi connectivity index (χ3v) is 2.42. The summed E-state index contributed by atoms with van der Waals surface area (Å²) in [5.74, 6) is 0. The van der Waals surface area contributed by atoms with E-state index in [0.717, 1.165) is 23.7 Å². The van der Waals surface area contributed by atoms with Gasteiger partial charge in [-0.1, -0.05) is 0 Å². The molecule has 0 heterocycles. The SMILES string of the molecule is C[N+](C)(C)[C]1CCC[C@H](O)C1. The molecule has 0 aliphatic heterocycles. The second-order valence-electron chi connectivity index (χ2n) is 4.33. The molecule has 0 unspecified atom stereocenters. The molecular weight excluding hydrogens is 138 g/mol. The molecule has 0 bridgehead atoms. The van der Waals surface area contributed by atoms with E-state index in [9.17, 15) is 5.11 Å². The minimum absolute atomic E-state index is 0.0731. The zero-order valence-electron chi connectivity index (χ0n) is 7.80. The topological polar surface area (TPSA) is 20.2 Å². The van der Waals surface area contributed by atoms with E-state index in [-0.39, 0.29) is 6.10 Å². The lowest BCUT2D eigenvalue weighted by Gasteiger charge is -2.36. The molecule has 1 aliphatic rings. The van der Waals surface area contributed by atoms with Crippen molar-refractivity contribution in [2.24, 2.45) is 0 Å². The number of aliphatic hydroxyl groups excluding tert-OH is 1. The summed E-state index contributed by atoms with van der Waals surface area (Å²) < 4.78 is 0.914. The number of hydrogen-bond acceptors (Lipinski definition) is 1. The number of hydrogen-bond donors (Lipinski definition) is 1. The third-order valence-electron chi connectivity index (χ3n) is 2.42. The van der Waals surface area contributed by atoms with E-state index < -0.39 is 0 Å². The Morgan fingerprint density at radius 1 is 1.36 bits per heavy atom. The number of quaternary nitrogens is 1. The molecule has 65 valence electrons. The van der Waals surface area contributed by atoms with E-state index in [2.05, 4.69) is 21.1 Å². The average Bonchev–Trinajstić information content (AvgIpc) is 1.86. The highest BCUT2D eigenvalue weighted by Crippen LogP contribution is 2.30. The Balaban J connectivity index is 2.46. The fourth-order valence-corrected chi connectivity index (χ4v) is 1.63. The molecule has 0 amide bonds. The molecule has 0 aromatic rings. The highest BCUT2D eigenvalue weighted by Gasteiger charge is 2.31. The van der Waals surface area contributed by atoms with E-state index in [1.807, 2.05) is 0 Å². The monoisotopic (exact) mass is 157 g/mol. The van der Waals surface area contributed by atoms with Crippen LogP contribution in [-0.2, 0) is 0 Å². The van der Waals surface area contributed by atoms with Crippen molar-refractivity contribution >= 4 is 0 Å². The van der Waals surface area contributed by atoms with Gasteiger partial charge in [-0.25, -0.2) is 0 Å². The van der Waals surface area contributed by atoms with E-state index in [0.29, 0.717) is 0 Å². The molecule has 1 atom stereocenters. The molecule has 1 N–H and O–H groups in total. The quantitative estimate of drug-likeness (QED) is 0.566. The largest absolute Gasteiger partial charge is 0.393 e. The zero-order valence-corrected chi connectivity index (χ0v) is 7.80. The molecule has 1 saturated carbocycles. The lowest BCUT2D eigenvalue weighted by Crippen LogP contribution is -2.42. The minimum atomic E-state index is -0.0731. The lowest BCUT2D eigenvalue weighted by atomic mass is 9.91. The first-order valence-corrected chi connectivity index (χ1v) is 4.35. The van der Waals surface area contributed by atoms with Crippen LogP contribution in [0.4, 0.5) is 0 Å². The summed E-state index contributed by atoms with van der Waals surface area (Å²) in [7, 11) is 6.52. The zero-order chi connectivity index (χ0) is 8.48. The van der Waals surface area contributed by atoms with Gasteiger partial charge in [0.05, 0.1) is 27.2 Å². The molecule has 1 radical (unpaired) electrons. The van der Waals surface area contributed by atoms with Gasteiger partial charge in [-0.05, 0) is 12.8 Å². The summed E-state index contributed by atoms with van der Waals surface area (Å²) in [6, 6.07) is 1.48. The van der Waals surface area contributed by atoms with Gasteiger partial charge in [0.2, 0.25) is 0 Å². The summed E-state index contributed by atoms with van der Waals surface area (Å²) in [5, 5.41) is 9.41. The maximum atomic E-state index is 9.41. The van der Waals surface area contributed by atoms with Gasteiger partial charge in [-0.15, -0.1) is 0 Å². The predicted octanol–water partition coefficient (Wildman–Crippen LogP) is 1.16. The number of nitrogens with zero attached hydrogens (tertiary/aromatic N) is 1. The molecular formula is C9H19NO+. The summed E-state index contributed by atoms with van der Waals surface area (Å²) in [6.07, 6.45) is 4.18. The first-order valence-electron chi connectivity index (χ1n) is 4.35. The van der Waals surface area contributed by atoms with Crippen LogP contribution in [0.2, 0.25) is 0 Å². The molecule has 1 fully saturated rings. The van der Waals surface area contributed by atoms with Crippen molar-refractivity contribution in [2.75, 3.05) is 21.1 Å². The molecule has 0 aromatic carbocycles. The van der Waals surface area contributed by atoms with Crippen molar-refractivity contribution in [2.45, 2.75) is 31.8 Å². The van der Waals surface area contributed by atoms with Crippen LogP contribution in [0.3, 0.4) is 0 Å². The normalized spacial score (nSPS) is 28.9. The van der Waals surface area contributed by atoms with Gasteiger partial charge in [0, 0.05) is 12.8 Å². The highest BCUT2D eigenvalue weighted by atomic mass is 16.3. The van der Waals surface area contributed by atoms with Crippen molar-refractivity contribution in [3.63, 3.8) is 0 Å². The summed E-state index contributed by atoms with van der Waals surface area (Å²) >= 11 is 0. The van der Waals surface area contributed by atoms with E-state index in [4.69, 9.17) is 0 Å². The lowest BCUT2D eigenvalue weighted by molar-refractivity contribution is -0.860. The molecule has 2 nitrogen and oxygen atoms in total. The molecule has 0 aromatic heterocycles. The molecule has 2 heteroatoms. The molecule has 1 rings (SSSR count). The Kier molecular flexibility index (Phi) is 2.55. The van der Waals surface area contributed by atoms with Crippen LogP contribution in [-0.4, -0.2) is 36.8 Å². The van der Waals surface area contributed by atoms with Crippen LogP contribution in [0.15, 0.2) is 0 Å². The molecule has 1 aliphatic carbocycles. The first-order chi connectivity index (χ1) is 5.00. The number of rotatable bonds is 1. The van der Waals surface area contributed by atoms with Crippen LogP contribution >= 0.6 is 0 Å². The Morgan fingerprint density at radius 3 is 2.36 bits per heavy atom. The third kappa shape index (κ3) is 2.46. The fraction of sp³-hybridized carbons (Fsp3) is 0.889. The fourth-order valence-electron chi connectivity index (χ4n) is 1.63. The van der Waals surface area contributed by atoms with Crippen molar-refractivity contribution in [1.29, 1.82) is 0 Å². The van der Waals surface area contributed by atoms with Gasteiger partial charge >= 0.3 is 0 Å². The summed E-state index contributed by atoms with van der Waals surface area (Å²) in [5.41, 5.74) is 0. The first kappa shape index (κ1) is 9.01. The van der Waals surface area contributed by atoms with Crippen molar-refractivity contribution in [3.8, 4) is 0 Å². The van der Waals surface area contributed by atoms with Crippen LogP contribution in [0.1, 0.15) is 25.7 Å². The Labute approximate surface area is 69.4 Å². The second kappa shape index (κ2) is 3.11. The van der Waals surface area contributed by atoms with E-state index in [1.54, 1.807) is 0 Å². The van der Waals surface area contributed by atoms with Crippen molar-refractivity contribution in [3.05, 3.63) is 6.04 Å². The standard InChI is InChI=1S/C9H19NO/c1-10(2,3)8-5-4-6-9(11)7-8/h9,11H,4-7H2,1-3H3/q+1/t9-/m0/s1. The second-order valence-corrected chi connectivity index (χ2v) is 4.33. The molecule has 0 spiro atoms. The van der Waals surface area contributed by atoms with Gasteiger partial charge in [0.1, 0.15) is 0 Å². The van der Waals surface area contributed by atoms with Crippen molar-refractivity contribution < 1.29 is 9.59 Å². The van der Waals surface area contributed by atoms with Gasteiger partial charge in [0.25, 0.3) is 0 Å². The van der Waals surface area contributed by atoms with Crippen LogP contribution in [0.5, 0.6) is 0 Å². The maximum Gasteiger partial charge on any atom is 0.156 e. The van der Waals surface area contributed by atoms with Gasteiger partial charge in [0.15, 0.2) is 6.04 Å². The Bertz CT molecular complexity index is 128. The minimum Gasteiger partial charge on any atom is -0.393 e. The van der Waals surface area contributed by atoms with E-state index in [1.165, 1.54) is 12.5 Å². The van der Waals surface area contributed by atoms with Gasteiger partial charge < -0.3 is 9.59 Å². The Hall–Kier alpha value is -0.0800. The number of aliphatic hydroxyl groups is 1. The highest BCUT2D eigenvalue weighted by molar-refractivity contribution is 4.86. The molecule has 11 heavy (non-hydrogen) atoms. The average molecular weight is 157 g/mol. The van der Waals surface area contributed by atoms with E-state index >= 15 is 0 Å². The van der Waals surface area contributed by atoms with Gasteiger partial charge in [-0.2, -0.15) is 0 Å². The van der Waals surface area contributed by atoms with Crippen LogP contribution in [0, 0.1) is 6.04 Å². The molecule has 0 saturated heterocycles. The van der Waals surface area contributed by atoms with Gasteiger partial charge in [-0.3, -0.25) is 0 Å². The maximum absolute atomic E-state index is 9.41. The summed E-state index contributed by atoms with van der Waals surface area (Å²) in [4.78, 5) is 0. The van der Waals surface area contributed by atoms with Crippen LogP contribution in [0.25, 0.3) is 0 Å². The smallest absolute Gasteiger partial charge is 0.156 e. The summed E-state index contributed by atoms with van der Waals surface area (Å²) in [6.45, 7) is 0. The van der Waals surface area contributed by atoms with Crippen molar-refractivity contribution in [1.82, 2.24) is 0 Å². The predicted molar refractivity (Wildman–Crippen MR) is 45.8 cm³/mol.